The molecule has 0 saturated heterocycles. The lowest BCUT2D eigenvalue weighted by atomic mass is 10.2. The predicted molar refractivity (Wildman–Crippen MR) is 72.7 cm³/mol. The van der Waals surface area contributed by atoms with E-state index in [0.717, 1.165) is 17.0 Å². The van der Waals surface area contributed by atoms with E-state index in [4.69, 9.17) is 5.73 Å². The highest BCUT2D eigenvalue weighted by atomic mass is 15.4. The van der Waals surface area contributed by atoms with Crippen LogP contribution < -0.4 is 5.73 Å². The van der Waals surface area contributed by atoms with E-state index in [1.54, 1.807) is 23.1 Å². The van der Waals surface area contributed by atoms with Crippen LogP contribution >= 0.6 is 0 Å². The largest absolute Gasteiger partial charge is 0.368 e. The molecule has 0 saturated carbocycles. The minimum Gasteiger partial charge on any atom is -0.368 e. The zero-order chi connectivity index (χ0) is 14.3. The highest BCUT2D eigenvalue weighted by Gasteiger charge is 2.14. The molecule has 0 amide bonds. The van der Waals surface area contributed by atoms with E-state index in [2.05, 4.69) is 25.1 Å². The summed E-state index contributed by atoms with van der Waals surface area (Å²) >= 11 is 0. The van der Waals surface area contributed by atoms with Crippen LogP contribution in [0.4, 0.5) is 5.95 Å². The van der Waals surface area contributed by atoms with Crippen LogP contribution in [-0.4, -0.2) is 34.5 Å². The fraction of sp³-hybridized carbons (Fsp3) is 0.250. The summed E-state index contributed by atoms with van der Waals surface area (Å²) in [5.41, 5.74) is 8.76. The van der Waals surface area contributed by atoms with Crippen LogP contribution in [0, 0.1) is 20.8 Å². The maximum Gasteiger partial charge on any atom is 0.257 e. The van der Waals surface area contributed by atoms with Crippen molar-refractivity contribution in [3.63, 3.8) is 0 Å². The average Bonchev–Trinajstić information content (AvgIpc) is 3.03. The van der Waals surface area contributed by atoms with Gasteiger partial charge in [0, 0.05) is 18.1 Å². The van der Waals surface area contributed by atoms with Gasteiger partial charge in [-0.1, -0.05) is 0 Å². The van der Waals surface area contributed by atoms with Crippen LogP contribution in [0.15, 0.2) is 18.5 Å². The SMILES string of the molecule is Cc1nn(-c2nc(N)nc(-n3cccn3)n2)c(C)c1C. The molecule has 0 fully saturated rings. The summed E-state index contributed by atoms with van der Waals surface area (Å²) in [4.78, 5) is 12.6. The third kappa shape index (κ3) is 1.91. The molecule has 0 radical (unpaired) electrons. The number of hydrogen-bond donors (Lipinski definition) is 1. The van der Waals surface area contributed by atoms with Gasteiger partial charge in [0.1, 0.15) is 0 Å². The molecule has 0 unspecified atom stereocenters. The van der Waals surface area contributed by atoms with Gasteiger partial charge in [-0.15, -0.1) is 0 Å². The predicted octanol–water partition coefficient (Wildman–Crippen LogP) is 0.750. The fourth-order valence-corrected chi connectivity index (χ4v) is 1.87. The number of nitrogens with zero attached hydrogens (tertiary/aromatic N) is 7. The van der Waals surface area contributed by atoms with Crippen LogP contribution in [0.3, 0.4) is 0 Å². The first kappa shape index (κ1) is 12.3. The van der Waals surface area contributed by atoms with Crippen molar-refractivity contribution in [2.45, 2.75) is 20.8 Å². The van der Waals surface area contributed by atoms with E-state index in [1.165, 1.54) is 4.68 Å². The molecule has 0 aliphatic rings. The first-order chi connectivity index (χ1) is 9.56. The number of rotatable bonds is 2. The van der Waals surface area contributed by atoms with Gasteiger partial charge >= 0.3 is 0 Å². The molecule has 3 aromatic heterocycles. The molecule has 0 aromatic carbocycles. The molecule has 0 aliphatic heterocycles. The van der Waals surface area contributed by atoms with Crippen molar-refractivity contribution in [2.75, 3.05) is 5.73 Å². The summed E-state index contributed by atoms with van der Waals surface area (Å²) in [6.07, 6.45) is 3.39. The van der Waals surface area contributed by atoms with Crippen LogP contribution in [0.25, 0.3) is 11.9 Å². The Hall–Kier alpha value is -2.77. The summed E-state index contributed by atoms with van der Waals surface area (Å²) in [6.45, 7) is 5.91. The lowest BCUT2D eigenvalue weighted by molar-refractivity contribution is 0.732. The smallest absolute Gasteiger partial charge is 0.257 e. The standard InChI is InChI=1S/C12H14N8/c1-7-8(2)18-20(9(7)3)12-16-10(13)15-11(17-12)19-6-4-5-14-19/h4-6H,1-3H3,(H2,13,15,16,17). The van der Waals surface area contributed by atoms with Crippen molar-refractivity contribution in [2.24, 2.45) is 0 Å². The second-order valence-corrected chi connectivity index (χ2v) is 4.45. The zero-order valence-corrected chi connectivity index (χ0v) is 11.4. The maximum absolute atomic E-state index is 5.75. The second kappa shape index (κ2) is 4.41. The van der Waals surface area contributed by atoms with Crippen molar-refractivity contribution < 1.29 is 0 Å². The molecule has 0 atom stereocenters. The summed E-state index contributed by atoms with van der Waals surface area (Å²) in [5, 5.41) is 8.51. The Kier molecular flexibility index (Phi) is 2.70. The van der Waals surface area contributed by atoms with E-state index in [-0.39, 0.29) is 5.95 Å². The van der Waals surface area contributed by atoms with Crippen molar-refractivity contribution in [1.29, 1.82) is 0 Å². The molecule has 0 spiro atoms. The third-order valence-corrected chi connectivity index (χ3v) is 3.18. The number of nitrogens with two attached hydrogens (primary N) is 1. The van der Waals surface area contributed by atoms with E-state index < -0.39 is 0 Å². The lowest BCUT2D eigenvalue weighted by Crippen LogP contribution is -2.13. The molecule has 0 bridgehead atoms. The highest BCUT2D eigenvalue weighted by molar-refractivity contribution is 5.32. The second-order valence-electron chi connectivity index (χ2n) is 4.45. The molecule has 102 valence electrons. The van der Waals surface area contributed by atoms with Gasteiger partial charge in [-0.2, -0.15) is 25.1 Å². The minimum atomic E-state index is 0.130. The van der Waals surface area contributed by atoms with Crippen molar-refractivity contribution in [3.8, 4) is 11.9 Å². The molecule has 3 heterocycles. The summed E-state index contributed by atoms with van der Waals surface area (Å²) in [5.74, 6) is 0.880. The Morgan fingerprint density at radius 1 is 1.05 bits per heavy atom. The van der Waals surface area contributed by atoms with Gasteiger partial charge in [0.15, 0.2) is 0 Å². The summed E-state index contributed by atoms with van der Waals surface area (Å²) in [6, 6.07) is 1.78. The number of aryl methyl sites for hydroxylation is 1. The Morgan fingerprint density at radius 2 is 1.80 bits per heavy atom. The van der Waals surface area contributed by atoms with Gasteiger partial charge in [-0.25, -0.2) is 9.36 Å². The number of nitrogen functional groups attached to an aromatic ring is 1. The van der Waals surface area contributed by atoms with Crippen LogP contribution in [0.2, 0.25) is 0 Å². The van der Waals surface area contributed by atoms with Crippen molar-refractivity contribution >= 4 is 5.95 Å². The van der Waals surface area contributed by atoms with E-state index >= 15 is 0 Å². The molecular weight excluding hydrogens is 256 g/mol. The molecule has 20 heavy (non-hydrogen) atoms. The van der Waals surface area contributed by atoms with Gasteiger partial charge in [0.05, 0.1) is 5.69 Å². The highest BCUT2D eigenvalue weighted by Crippen LogP contribution is 2.15. The molecule has 3 aromatic rings. The number of hydrogen-bond acceptors (Lipinski definition) is 6. The third-order valence-electron chi connectivity index (χ3n) is 3.18. The normalized spacial score (nSPS) is 10.9. The molecule has 8 nitrogen and oxygen atoms in total. The Morgan fingerprint density at radius 3 is 2.40 bits per heavy atom. The van der Waals surface area contributed by atoms with Gasteiger partial charge in [-0.05, 0) is 32.4 Å². The van der Waals surface area contributed by atoms with E-state index in [1.807, 2.05) is 20.8 Å². The first-order valence-electron chi connectivity index (χ1n) is 6.11. The van der Waals surface area contributed by atoms with Gasteiger partial charge in [-0.3, -0.25) is 0 Å². The van der Waals surface area contributed by atoms with Crippen molar-refractivity contribution in [1.82, 2.24) is 34.5 Å². The van der Waals surface area contributed by atoms with Crippen molar-refractivity contribution in [3.05, 3.63) is 35.4 Å². The fourth-order valence-electron chi connectivity index (χ4n) is 1.87. The number of aromatic nitrogens is 7. The lowest BCUT2D eigenvalue weighted by Gasteiger charge is -2.06. The Labute approximate surface area is 115 Å². The first-order valence-corrected chi connectivity index (χ1v) is 6.11. The van der Waals surface area contributed by atoms with Crippen LogP contribution in [0.1, 0.15) is 17.0 Å². The minimum absolute atomic E-state index is 0.130. The average molecular weight is 270 g/mol. The van der Waals surface area contributed by atoms with Crippen LogP contribution in [0.5, 0.6) is 0 Å². The Balaban J connectivity index is 2.17. The maximum atomic E-state index is 5.75. The van der Waals surface area contributed by atoms with Gasteiger partial charge in [0.2, 0.25) is 5.95 Å². The Bertz CT molecular complexity index is 756. The van der Waals surface area contributed by atoms with E-state index in [0.29, 0.717) is 11.9 Å². The van der Waals surface area contributed by atoms with Gasteiger partial charge < -0.3 is 5.73 Å². The van der Waals surface area contributed by atoms with Crippen LogP contribution in [-0.2, 0) is 0 Å². The number of anilines is 1. The van der Waals surface area contributed by atoms with E-state index in [9.17, 15) is 0 Å². The summed E-state index contributed by atoms with van der Waals surface area (Å²) < 4.78 is 3.19. The molecule has 3 rings (SSSR count). The quantitative estimate of drug-likeness (QED) is 0.737. The van der Waals surface area contributed by atoms with Gasteiger partial charge in [0.25, 0.3) is 11.9 Å². The summed E-state index contributed by atoms with van der Waals surface area (Å²) in [7, 11) is 0. The topological polar surface area (TPSA) is 100 Å². The monoisotopic (exact) mass is 270 g/mol. The zero-order valence-electron chi connectivity index (χ0n) is 11.4. The molecule has 0 aliphatic carbocycles. The molecule has 2 N–H and O–H groups in total. The molecule has 8 heteroatoms. The molecular formula is C12H14N8.